The first kappa shape index (κ1) is 32.0. The molecule has 6 aromatic carbocycles. The van der Waals surface area contributed by atoms with E-state index in [9.17, 15) is 0 Å². The maximum atomic E-state index is 6.26. The van der Waals surface area contributed by atoms with Crippen LogP contribution in [0.5, 0.6) is 11.5 Å². The fourth-order valence-corrected chi connectivity index (χ4v) is 16.1. The molecule has 4 heteroatoms. The molecule has 0 aromatic heterocycles. The van der Waals surface area contributed by atoms with Crippen molar-refractivity contribution in [2.45, 2.75) is 27.7 Å². The number of benzene rings is 6. The van der Waals surface area contributed by atoms with E-state index in [1.54, 1.807) is 14.2 Å². The zero-order valence-electron chi connectivity index (χ0n) is 27.4. The number of methoxy groups -OCH3 is 2. The molecule has 0 saturated heterocycles. The third-order valence-electron chi connectivity index (χ3n) is 8.35. The molecule has 230 valence electrons. The van der Waals surface area contributed by atoms with Crippen LogP contribution < -0.4 is 35.6 Å². The van der Waals surface area contributed by atoms with Crippen molar-refractivity contribution in [1.29, 1.82) is 0 Å². The van der Waals surface area contributed by atoms with Gasteiger partial charge in [-0.15, -0.1) is 0 Å². The molecule has 0 unspecified atom stereocenters. The van der Waals surface area contributed by atoms with Crippen molar-refractivity contribution in [3.63, 3.8) is 0 Å². The van der Waals surface area contributed by atoms with Crippen LogP contribution in [0.1, 0.15) is 22.3 Å². The summed E-state index contributed by atoms with van der Waals surface area (Å²) in [6.07, 6.45) is 0. The first-order chi connectivity index (χ1) is 22.4. The van der Waals surface area contributed by atoms with Crippen molar-refractivity contribution in [2.24, 2.45) is 0 Å². The normalized spacial score (nSPS) is 11.2. The van der Waals surface area contributed by atoms with Gasteiger partial charge < -0.3 is 0 Å². The molecule has 6 rings (SSSR count). The van der Waals surface area contributed by atoms with E-state index < -0.39 is 29.3 Å². The minimum absolute atomic E-state index is 0.878. The number of rotatable bonds is 9. The molecule has 0 N–H and O–H groups in total. The van der Waals surface area contributed by atoms with Crippen molar-refractivity contribution >= 4 is 55.4 Å². The van der Waals surface area contributed by atoms with E-state index in [1.165, 1.54) is 48.4 Å². The summed E-state index contributed by atoms with van der Waals surface area (Å²) in [7, 11) is 3.59. The molecule has 0 amide bonds. The fourth-order valence-electron chi connectivity index (χ4n) is 5.88. The summed E-state index contributed by atoms with van der Waals surface area (Å²) in [5, 5.41) is 0. The molecule has 0 aliphatic rings. The van der Waals surface area contributed by atoms with Gasteiger partial charge >= 0.3 is 285 Å². The standard InChI is InChI=1S/C42H40As2O2/c1-29-13-21-33(22-14-29)43(34-23-15-30(2)16-24-34)37-9-7-11-39(45-5)41(37)42-38(10-8-12-40(42)46-6)44(35-25-17-31(3)18-26-35)36-27-19-32(4)20-28-36/h7-28H,1-6H3. The zero-order valence-corrected chi connectivity index (χ0v) is 31.2. The maximum absolute atomic E-state index is 6.26. The van der Waals surface area contributed by atoms with Crippen molar-refractivity contribution < 1.29 is 9.47 Å². The van der Waals surface area contributed by atoms with Crippen LogP contribution in [0, 0.1) is 27.7 Å². The second-order valence-corrected chi connectivity index (χ2v) is 20.9. The van der Waals surface area contributed by atoms with Gasteiger partial charge in [-0.2, -0.15) is 0 Å². The van der Waals surface area contributed by atoms with Crippen LogP contribution in [-0.2, 0) is 0 Å². The Bertz CT molecular complexity index is 1690. The topological polar surface area (TPSA) is 18.5 Å². The van der Waals surface area contributed by atoms with Crippen LogP contribution in [0.25, 0.3) is 11.1 Å². The third-order valence-corrected chi connectivity index (χ3v) is 18.8. The molecule has 46 heavy (non-hydrogen) atoms. The van der Waals surface area contributed by atoms with Crippen molar-refractivity contribution in [2.75, 3.05) is 14.2 Å². The van der Waals surface area contributed by atoms with Gasteiger partial charge in [-0.05, 0) is 0 Å². The average Bonchev–Trinajstić information content (AvgIpc) is 3.08. The molecular weight excluding hydrogens is 686 g/mol. The Morgan fingerprint density at radius 3 is 0.848 bits per heavy atom. The van der Waals surface area contributed by atoms with E-state index in [2.05, 4.69) is 161 Å². The molecular formula is C42H40As2O2. The minimum atomic E-state index is -2.06. The van der Waals surface area contributed by atoms with Crippen LogP contribution in [0.15, 0.2) is 133 Å². The Labute approximate surface area is 283 Å². The zero-order chi connectivity index (χ0) is 32.2. The Hall–Kier alpha value is -3.96. The van der Waals surface area contributed by atoms with Gasteiger partial charge in [0.15, 0.2) is 0 Å². The van der Waals surface area contributed by atoms with Crippen LogP contribution in [0.3, 0.4) is 0 Å². The van der Waals surface area contributed by atoms with Crippen molar-refractivity contribution in [1.82, 2.24) is 0 Å². The van der Waals surface area contributed by atoms with Gasteiger partial charge in [0.25, 0.3) is 0 Å². The molecule has 0 fully saturated rings. The summed E-state index contributed by atoms with van der Waals surface area (Å²) in [6.45, 7) is 8.64. The Morgan fingerprint density at radius 2 is 0.609 bits per heavy atom. The summed E-state index contributed by atoms with van der Waals surface area (Å²) in [4.78, 5) is 0. The summed E-state index contributed by atoms with van der Waals surface area (Å²) in [5.74, 6) is 1.76. The molecule has 0 aliphatic carbocycles. The van der Waals surface area contributed by atoms with Gasteiger partial charge in [-0.3, -0.25) is 0 Å². The molecule has 0 spiro atoms. The molecule has 0 heterocycles. The second kappa shape index (κ2) is 14.2. The Kier molecular flexibility index (Phi) is 9.88. The van der Waals surface area contributed by atoms with Crippen LogP contribution in [-0.4, -0.2) is 43.5 Å². The number of ether oxygens (including phenoxy) is 2. The van der Waals surface area contributed by atoms with Crippen LogP contribution >= 0.6 is 0 Å². The number of hydrogen-bond donors (Lipinski definition) is 0. The summed E-state index contributed by atoms with van der Waals surface area (Å²) in [6, 6.07) is 49.8. The SMILES string of the molecule is COc1cccc([As](c2ccc(C)cc2)c2ccc(C)cc2)c1-c1c(OC)cccc1[As](c1ccc(C)cc1)c1ccc(C)cc1. The predicted octanol–water partition coefficient (Wildman–Crippen LogP) is 5.64. The molecule has 0 bridgehead atoms. The molecule has 0 aliphatic heterocycles. The van der Waals surface area contributed by atoms with E-state index in [-0.39, 0.29) is 0 Å². The first-order valence-corrected chi connectivity index (χ1v) is 21.2. The third kappa shape index (κ3) is 6.62. The monoisotopic (exact) mass is 726 g/mol. The van der Waals surface area contributed by atoms with Crippen molar-refractivity contribution in [3.05, 3.63) is 156 Å². The average molecular weight is 727 g/mol. The Morgan fingerprint density at radius 1 is 0.348 bits per heavy atom. The fraction of sp³-hybridized carbons (Fsp3) is 0.143. The van der Waals surface area contributed by atoms with Gasteiger partial charge in [0.1, 0.15) is 0 Å². The van der Waals surface area contributed by atoms with E-state index in [0.717, 1.165) is 22.6 Å². The predicted molar refractivity (Wildman–Crippen MR) is 199 cm³/mol. The van der Waals surface area contributed by atoms with Gasteiger partial charge in [0.2, 0.25) is 0 Å². The molecule has 0 radical (unpaired) electrons. The number of aryl methyl sites for hydroxylation is 4. The second-order valence-electron chi connectivity index (χ2n) is 11.7. The first-order valence-electron chi connectivity index (χ1n) is 15.6. The van der Waals surface area contributed by atoms with Gasteiger partial charge in [-0.25, -0.2) is 0 Å². The summed E-state index contributed by atoms with van der Waals surface area (Å²) in [5.41, 5.74) is 7.37. The van der Waals surface area contributed by atoms with E-state index >= 15 is 0 Å². The summed E-state index contributed by atoms with van der Waals surface area (Å²) >= 11 is -4.13. The molecule has 0 atom stereocenters. The molecule has 2 nitrogen and oxygen atoms in total. The Balaban J connectivity index is 1.68. The van der Waals surface area contributed by atoms with E-state index in [0.29, 0.717) is 0 Å². The van der Waals surface area contributed by atoms with E-state index in [4.69, 9.17) is 9.47 Å². The van der Waals surface area contributed by atoms with E-state index in [1.807, 2.05) is 0 Å². The van der Waals surface area contributed by atoms with Gasteiger partial charge in [-0.1, -0.05) is 0 Å². The van der Waals surface area contributed by atoms with Crippen molar-refractivity contribution in [3.8, 4) is 22.6 Å². The van der Waals surface area contributed by atoms with Gasteiger partial charge in [0.05, 0.1) is 0 Å². The quantitative estimate of drug-likeness (QED) is 0.180. The van der Waals surface area contributed by atoms with Crippen LogP contribution in [0.4, 0.5) is 0 Å². The molecule has 0 saturated carbocycles. The summed E-state index contributed by atoms with van der Waals surface area (Å²) < 4.78 is 20.8. The van der Waals surface area contributed by atoms with Crippen LogP contribution in [0.2, 0.25) is 0 Å². The van der Waals surface area contributed by atoms with Gasteiger partial charge in [0, 0.05) is 0 Å². The number of hydrogen-bond acceptors (Lipinski definition) is 2. The molecule has 6 aromatic rings.